The molecule has 0 aliphatic heterocycles. The Balaban J connectivity index is 2.17. The third-order valence-electron chi connectivity index (χ3n) is 2.25. The number of hydrogen-bond acceptors (Lipinski definition) is 3. The third-order valence-corrected chi connectivity index (χ3v) is 2.25. The van der Waals surface area contributed by atoms with Crippen molar-refractivity contribution in [2.45, 2.75) is 32.7 Å². The molecule has 17 heavy (non-hydrogen) atoms. The topological polar surface area (TPSA) is 59.0 Å². The van der Waals surface area contributed by atoms with Crippen LogP contribution in [0.15, 0.2) is 12.4 Å². The normalized spacial score (nSPS) is 11.5. The predicted octanol–water partition coefficient (Wildman–Crippen LogP) is 0.467. The Bertz CT molecular complexity index is 365. The molecule has 5 nitrogen and oxygen atoms in total. The summed E-state index contributed by atoms with van der Waals surface area (Å²) in [5.41, 5.74) is -0.168. The second-order valence-corrected chi connectivity index (χ2v) is 5.18. The lowest BCUT2D eigenvalue weighted by atomic mass is 10.1. The van der Waals surface area contributed by atoms with E-state index in [0.29, 0.717) is 6.54 Å². The zero-order valence-corrected chi connectivity index (χ0v) is 11.1. The molecule has 0 radical (unpaired) electrons. The summed E-state index contributed by atoms with van der Waals surface area (Å²) in [6, 6.07) is 0. The lowest BCUT2D eigenvalue weighted by Crippen LogP contribution is -2.45. The number of hydrogen-bond donors (Lipinski definition) is 2. The zero-order valence-electron chi connectivity index (χ0n) is 11.1. The molecule has 0 aromatic carbocycles. The van der Waals surface area contributed by atoms with Gasteiger partial charge >= 0.3 is 0 Å². The number of nitrogens with one attached hydrogen (secondary N) is 2. The quantitative estimate of drug-likeness (QED) is 0.733. The number of carbonyl (C=O) groups excluding carboxylic acids is 1. The highest BCUT2D eigenvalue weighted by Gasteiger charge is 2.12. The minimum absolute atomic E-state index is 0.0253. The highest BCUT2D eigenvalue weighted by atomic mass is 16.2. The molecule has 0 bridgehead atoms. The molecule has 2 N–H and O–H groups in total. The van der Waals surface area contributed by atoms with Crippen LogP contribution in [-0.4, -0.2) is 34.1 Å². The Morgan fingerprint density at radius 3 is 2.71 bits per heavy atom. The van der Waals surface area contributed by atoms with Gasteiger partial charge in [0.05, 0.1) is 6.54 Å². The molecular weight excluding hydrogens is 216 g/mol. The van der Waals surface area contributed by atoms with Crippen LogP contribution in [0.5, 0.6) is 0 Å². The van der Waals surface area contributed by atoms with Crippen molar-refractivity contribution in [1.29, 1.82) is 0 Å². The molecule has 5 heteroatoms. The molecule has 1 aromatic rings. The van der Waals surface area contributed by atoms with Crippen LogP contribution >= 0.6 is 0 Å². The summed E-state index contributed by atoms with van der Waals surface area (Å²) in [6.07, 6.45) is 4.52. The van der Waals surface area contributed by atoms with E-state index in [4.69, 9.17) is 0 Å². The SMILES string of the molecule is Cn1ccnc1CCNCC(=O)NC(C)(C)C. The molecule has 1 rings (SSSR count). The van der Waals surface area contributed by atoms with Gasteiger partial charge in [-0.3, -0.25) is 4.79 Å². The number of rotatable bonds is 5. The fraction of sp³-hybridized carbons (Fsp3) is 0.667. The molecule has 0 saturated heterocycles. The maximum Gasteiger partial charge on any atom is 0.234 e. The maximum absolute atomic E-state index is 11.5. The van der Waals surface area contributed by atoms with Crippen LogP contribution in [0.2, 0.25) is 0 Å². The van der Waals surface area contributed by atoms with Gasteiger partial charge in [0, 0.05) is 37.9 Å². The molecule has 0 spiro atoms. The number of aryl methyl sites for hydroxylation is 1. The van der Waals surface area contributed by atoms with Crippen molar-refractivity contribution in [2.24, 2.45) is 7.05 Å². The van der Waals surface area contributed by atoms with Crippen molar-refractivity contribution in [1.82, 2.24) is 20.2 Å². The van der Waals surface area contributed by atoms with E-state index in [0.717, 1.165) is 18.8 Å². The lowest BCUT2D eigenvalue weighted by molar-refractivity contribution is -0.121. The van der Waals surface area contributed by atoms with Gasteiger partial charge in [0.15, 0.2) is 0 Å². The van der Waals surface area contributed by atoms with Crippen LogP contribution in [-0.2, 0) is 18.3 Å². The van der Waals surface area contributed by atoms with Gasteiger partial charge in [-0.05, 0) is 20.8 Å². The van der Waals surface area contributed by atoms with Gasteiger partial charge in [0.1, 0.15) is 5.82 Å². The van der Waals surface area contributed by atoms with Gasteiger partial charge in [-0.2, -0.15) is 0 Å². The van der Waals surface area contributed by atoms with E-state index in [2.05, 4.69) is 15.6 Å². The van der Waals surface area contributed by atoms with Gasteiger partial charge in [-0.1, -0.05) is 0 Å². The first-order chi connectivity index (χ1) is 7.88. The Morgan fingerprint density at radius 1 is 1.47 bits per heavy atom. The highest BCUT2D eigenvalue weighted by Crippen LogP contribution is 1.97. The number of aromatic nitrogens is 2. The Labute approximate surface area is 103 Å². The Morgan fingerprint density at radius 2 is 2.18 bits per heavy atom. The minimum Gasteiger partial charge on any atom is -0.350 e. The molecule has 0 fully saturated rings. The van der Waals surface area contributed by atoms with Crippen LogP contribution in [0.1, 0.15) is 26.6 Å². The molecule has 1 heterocycles. The van der Waals surface area contributed by atoms with Gasteiger partial charge in [0.2, 0.25) is 5.91 Å². The van der Waals surface area contributed by atoms with E-state index in [1.807, 2.05) is 38.6 Å². The van der Waals surface area contributed by atoms with Crippen LogP contribution in [0.25, 0.3) is 0 Å². The average molecular weight is 238 g/mol. The van der Waals surface area contributed by atoms with Crippen LogP contribution in [0.4, 0.5) is 0 Å². The predicted molar refractivity (Wildman–Crippen MR) is 67.7 cm³/mol. The summed E-state index contributed by atoms with van der Waals surface area (Å²) in [4.78, 5) is 15.7. The number of amides is 1. The summed E-state index contributed by atoms with van der Waals surface area (Å²) in [6.45, 7) is 7.01. The number of nitrogens with zero attached hydrogens (tertiary/aromatic N) is 2. The molecule has 0 aliphatic carbocycles. The second-order valence-electron chi connectivity index (χ2n) is 5.18. The van der Waals surface area contributed by atoms with Gasteiger partial charge in [0.25, 0.3) is 0 Å². The molecular formula is C12H22N4O. The van der Waals surface area contributed by atoms with E-state index in [9.17, 15) is 4.79 Å². The van der Waals surface area contributed by atoms with Crippen molar-refractivity contribution in [2.75, 3.05) is 13.1 Å². The van der Waals surface area contributed by atoms with E-state index >= 15 is 0 Å². The van der Waals surface area contributed by atoms with Crippen molar-refractivity contribution in [3.05, 3.63) is 18.2 Å². The molecule has 0 unspecified atom stereocenters. The van der Waals surface area contributed by atoms with Crippen LogP contribution in [0, 0.1) is 0 Å². The van der Waals surface area contributed by atoms with Gasteiger partial charge in [-0.25, -0.2) is 4.98 Å². The molecule has 0 saturated carbocycles. The largest absolute Gasteiger partial charge is 0.350 e. The van der Waals surface area contributed by atoms with Crippen LogP contribution in [0.3, 0.4) is 0 Å². The average Bonchev–Trinajstić information content (AvgIpc) is 2.56. The highest BCUT2D eigenvalue weighted by molar-refractivity contribution is 5.78. The molecule has 0 atom stereocenters. The summed E-state index contributed by atoms with van der Waals surface area (Å²) in [7, 11) is 1.97. The van der Waals surface area contributed by atoms with Gasteiger partial charge < -0.3 is 15.2 Å². The third kappa shape index (κ3) is 5.49. The second kappa shape index (κ2) is 5.82. The van der Waals surface area contributed by atoms with Crippen molar-refractivity contribution >= 4 is 5.91 Å². The van der Waals surface area contributed by atoms with Crippen molar-refractivity contribution in [3.8, 4) is 0 Å². The molecule has 1 amide bonds. The first-order valence-corrected chi connectivity index (χ1v) is 5.86. The van der Waals surface area contributed by atoms with E-state index in [1.165, 1.54) is 0 Å². The smallest absolute Gasteiger partial charge is 0.234 e. The van der Waals surface area contributed by atoms with E-state index in [1.54, 1.807) is 6.20 Å². The molecule has 96 valence electrons. The fourth-order valence-corrected chi connectivity index (χ4v) is 1.50. The Kier molecular flexibility index (Phi) is 4.69. The standard InChI is InChI=1S/C12H22N4O/c1-12(2,3)15-11(17)9-13-6-5-10-14-7-8-16(10)4/h7-8,13H,5-6,9H2,1-4H3,(H,15,17). The number of carbonyl (C=O) groups is 1. The summed E-state index contributed by atoms with van der Waals surface area (Å²) in [5, 5.41) is 6.01. The first kappa shape index (κ1) is 13.7. The maximum atomic E-state index is 11.5. The zero-order chi connectivity index (χ0) is 12.9. The van der Waals surface area contributed by atoms with Gasteiger partial charge in [-0.15, -0.1) is 0 Å². The fourth-order valence-electron chi connectivity index (χ4n) is 1.50. The molecule has 0 aliphatic rings. The van der Waals surface area contributed by atoms with E-state index < -0.39 is 0 Å². The summed E-state index contributed by atoms with van der Waals surface area (Å²) >= 11 is 0. The molecule has 1 aromatic heterocycles. The summed E-state index contributed by atoms with van der Waals surface area (Å²) < 4.78 is 1.98. The first-order valence-electron chi connectivity index (χ1n) is 5.86. The minimum atomic E-state index is -0.168. The van der Waals surface area contributed by atoms with Crippen LogP contribution < -0.4 is 10.6 Å². The Hall–Kier alpha value is -1.36. The summed E-state index contributed by atoms with van der Waals surface area (Å²) in [5.74, 6) is 1.05. The van der Waals surface area contributed by atoms with E-state index in [-0.39, 0.29) is 11.4 Å². The lowest BCUT2D eigenvalue weighted by Gasteiger charge is -2.20. The monoisotopic (exact) mass is 238 g/mol. The van der Waals surface area contributed by atoms with Crippen molar-refractivity contribution < 1.29 is 4.79 Å². The number of imidazole rings is 1. The van der Waals surface area contributed by atoms with Crippen molar-refractivity contribution in [3.63, 3.8) is 0 Å².